The maximum absolute atomic E-state index is 13.1. The summed E-state index contributed by atoms with van der Waals surface area (Å²) in [5.74, 6) is 0.464. The molecule has 0 saturated carbocycles. The predicted molar refractivity (Wildman–Crippen MR) is 133 cm³/mol. The quantitative estimate of drug-likeness (QED) is 0.480. The molecule has 0 spiro atoms. The highest BCUT2D eigenvalue weighted by Crippen LogP contribution is 2.33. The molecular weight excluding hydrogens is 444 g/mol. The number of aliphatic carboxylic acids is 1. The zero-order valence-electron chi connectivity index (χ0n) is 19.4. The first-order valence-corrected chi connectivity index (χ1v) is 11.9. The average Bonchev–Trinajstić information content (AvgIpc) is 3.37. The summed E-state index contributed by atoms with van der Waals surface area (Å²) in [5.41, 5.74) is 3.36. The van der Waals surface area contributed by atoms with Gasteiger partial charge in [-0.25, -0.2) is 0 Å². The van der Waals surface area contributed by atoms with Crippen molar-refractivity contribution in [2.75, 3.05) is 31.3 Å². The Balaban J connectivity index is 1.17. The number of carbonyl (C=O) groups is 2. The summed E-state index contributed by atoms with van der Waals surface area (Å²) >= 11 is 0. The highest BCUT2D eigenvalue weighted by atomic mass is 16.5. The molecule has 35 heavy (non-hydrogen) atoms. The molecule has 2 heterocycles. The number of likely N-dealkylation sites (tertiary alicyclic amines) is 1. The third-order valence-electron chi connectivity index (χ3n) is 6.57. The molecule has 0 aromatic heterocycles. The molecule has 7 heteroatoms. The highest BCUT2D eigenvalue weighted by molar-refractivity contribution is 6.09. The minimum absolute atomic E-state index is 0.0990. The minimum atomic E-state index is -0.741. The van der Waals surface area contributed by atoms with Crippen LogP contribution >= 0.6 is 0 Å². The van der Waals surface area contributed by atoms with Crippen molar-refractivity contribution in [1.29, 1.82) is 0 Å². The molecule has 1 fully saturated rings. The van der Waals surface area contributed by atoms with Crippen LogP contribution in [0.15, 0.2) is 72.8 Å². The third kappa shape index (κ3) is 5.00. The zero-order chi connectivity index (χ0) is 24.2. The fraction of sp³-hybridized carbons (Fsp3) is 0.286. The van der Waals surface area contributed by atoms with Crippen LogP contribution in [-0.4, -0.2) is 54.4 Å². The van der Waals surface area contributed by atoms with Gasteiger partial charge in [-0.05, 0) is 73.3 Å². The Bertz CT molecular complexity index is 1200. The topological polar surface area (TPSA) is 79.3 Å². The van der Waals surface area contributed by atoms with Gasteiger partial charge in [-0.2, -0.15) is 0 Å². The van der Waals surface area contributed by atoms with Crippen molar-refractivity contribution in [2.24, 2.45) is 0 Å². The van der Waals surface area contributed by atoms with E-state index < -0.39 is 5.97 Å². The maximum atomic E-state index is 13.1. The van der Waals surface area contributed by atoms with E-state index in [9.17, 15) is 14.7 Å². The number of carboxylic acid groups (broad SMARTS) is 1. The van der Waals surface area contributed by atoms with Crippen LogP contribution in [0.3, 0.4) is 0 Å². The van der Waals surface area contributed by atoms with Crippen LogP contribution in [0.1, 0.15) is 29.6 Å². The summed E-state index contributed by atoms with van der Waals surface area (Å²) < 4.78 is 11.8. The van der Waals surface area contributed by atoms with Gasteiger partial charge in [0.1, 0.15) is 17.5 Å². The van der Waals surface area contributed by atoms with E-state index in [4.69, 9.17) is 9.47 Å². The van der Waals surface area contributed by atoms with E-state index in [-0.39, 0.29) is 18.7 Å². The van der Waals surface area contributed by atoms with Gasteiger partial charge in [0.15, 0.2) is 6.73 Å². The lowest BCUT2D eigenvalue weighted by molar-refractivity contribution is -0.142. The van der Waals surface area contributed by atoms with Crippen molar-refractivity contribution >= 4 is 17.6 Å². The smallest absolute Gasteiger partial charge is 0.320 e. The predicted octanol–water partition coefficient (Wildman–Crippen LogP) is 4.67. The van der Waals surface area contributed by atoms with Gasteiger partial charge in [-0.1, -0.05) is 36.4 Å². The van der Waals surface area contributed by atoms with Gasteiger partial charge >= 0.3 is 5.97 Å². The lowest BCUT2D eigenvalue weighted by Gasteiger charge is -2.29. The number of carbonyl (C=O) groups excluding carboxylic acids is 1. The summed E-state index contributed by atoms with van der Waals surface area (Å²) in [4.78, 5) is 28.0. The largest absolute Gasteiger partial charge is 0.494 e. The minimum Gasteiger partial charge on any atom is -0.494 e. The monoisotopic (exact) mass is 472 g/mol. The first kappa shape index (κ1) is 22.9. The summed E-state index contributed by atoms with van der Waals surface area (Å²) in [6, 6.07) is 22.7. The van der Waals surface area contributed by atoms with Crippen LogP contribution in [0.25, 0.3) is 11.1 Å². The van der Waals surface area contributed by atoms with E-state index in [2.05, 4.69) is 0 Å². The van der Waals surface area contributed by atoms with Crippen molar-refractivity contribution in [1.82, 2.24) is 4.90 Å². The van der Waals surface area contributed by atoms with Crippen LogP contribution in [0.5, 0.6) is 11.5 Å². The molecule has 0 unspecified atom stereocenters. The molecule has 2 aliphatic heterocycles. The van der Waals surface area contributed by atoms with E-state index in [0.717, 1.165) is 42.6 Å². The van der Waals surface area contributed by atoms with Gasteiger partial charge in [-0.3, -0.25) is 19.4 Å². The number of anilines is 1. The number of hydrogen-bond donors (Lipinski definition) is 1. The molecule has 0 bridgehead atoms. The first-order chi connectivity index (χ1) is 17.1. The molecule has 7 nitrogen and oxygen atoms in total. The lowest BCUT2D eigenvalue weighted by Crippen LogP contribution is -2.38. The Kier molecular flexibility index (Phi) is 6.68. The fourth-order valence-electron chi connectivity index (χ4n) is 4.71. The molecule has 0 radical (unpaired) electrons. The Morgan fingerprint density at radius 2 is 1.83 bits per heavy atom. The molecular formula is C28H28N2O5. The van der Waals surface area contributed by atoms with Gasteiger partial charge < -0.3 is 14.6 Å². The standard InChI is InChI=1S/C28H28N2O5/c31-27-24-14-9-21(20-6-2-1-3-7-20)18-26(24)35-19-30(27)22-10-12-23(13-11-22)34-17-5-16-29-15-4-8-25(29)28(32)33/h1-3,6-7,9-14,18,25H,4-5,8,15-17,19H2,(H,32,33)/t25-/m0/s1. The molecule has 1 saturated heterocycles. The molecule has 3 aromatic carbocycles. The van der Waals surface area contributed by atoms with Crippen LogP contribution in [0.4, 0.5) is 5.69 Å². The number of rotatable bonds is 8. The normalized spacial score (nSPS) is 17.7. The van der Waals surface area contributed by atoms with Gasteiger partial charge in [-0.15, -0.1) is 0 Å². The Hall–Kier alpha value is -3.84. The van der Waals surface area contributed by atoms with E-state index in [1.54, 1.807) is 4.90 Å². The number of benzene rings is 3. The number of carboxylic acids is 1. The molecule has 5 rings (SSSR count). The second-order valence-corrected chi connectivity index (χ2v) is 8.81. The summed E-state index contributed by atoms with van der Waals surface area (Å²) in [6.07, 6.45) is 2.40. The average molecular weight is 473 g/mol. The van der Waals surface area contributed by atoms with E-state index in [1.165, 1.54) is 0 Å². The van der Waals surface area contributed by atoms with Crippen molar-refractivity contribution in [2.45, 2.75) is 25.3 Å². The zero-order valence-corrected chi connectivity index (χ0v) is 19.4. The first-order valence-electron chi connectivity index (χ1n) is 11.9. The number of ether oxygens (including phenoxy) is 2. The highest BCUT2D eigenvalue weighted by Gasteiger charge is 2.30. The summed E-state index contributed by atoms with van der Waals surface area (Å²) in [6.45, 7) is 2.18. The van der Waals surface area contributed by atoms with Gasteiger partial charge in [0, 0.05) is 12.2 Å². The Labute approximate surface area is 204 Å². The molecule has 1 N–H and O–H groups in total. The van der Waals surface area contributed by atoms with Gasteiger partial charge in [0.2, 0.25) is 0 Å². The second kappa shape index (κ2) is 10.2. The Morgan fingerprint density at radius 1 is 1.03 bits per heavy atom. The van der Waals surface area contributed by atoms with Crippen molar-refractivity contribution in [3.63, 3.8) is 0 Å². The molecule has 0 aliphatic carbocycles. The van der Waals surface area contributed by atoms with Crippen molar-refractivity contribution in [3.8, 4) is 22.6 Å². The second-order valence-electron chi connectivity index (χ2n) is 8.81. The van der Waals surface area contributed by atoms with Gasteiger partial charge in [0.25, 0.3) is 5.91 Å². The van der Waals surface area contributed by atoms with Crippen LogP contribution in [-0.2, 0) is 4.79 Å². The van der Waals surface area contributed by atoms with E-state index >= 15 is 0 Å². The number of hydrogen-bond acceptors (Lipinski definition) is 5. The molecule has 1 amide bonds. The molecule has 3 aromatic rings. The van der Waals surface area contributed by atoms with Crippen LogP contribution < -0.4 is 14.4 Å². The molecule has 1 atom stereocenters. The fourth-order valence-corrected chi connectivity index (χ4v) is 4.71. The van der Waals surface area contributed by atoms with E-state index in [0.29, 0.717) is 30.2 Å². The van der Waals surface area contributed by atoms with E-state index in [1.807, 2.05) is 77.7 Å². The number of amides is 1. The van der Waals surface area contributed by atoms with Crippen molar-refractivity contribution < 1.29 is 24.2 Å². The van der Waals surface area contributed by atoms with Crippen LogP contribution in [0.2, 0.25) is 0 Å². The van der Waals surface area contributed by atoms with Gasteiger partial charge in [0.05, 0.1) is 12.2 Å². The van der Waals surface area contributed by atoms with Crippen molar-refractivity contribution in [3.05, 3.63) is 78.4 Å². The maximum Gasteiger partial charge on any atom is 0.320 e. The number of fused-ring (bicyclic) bond motifs is 1. The molecule has 180 valence electrons. The SMILES string of the molecule is O=C(O)[C@@H]1CCCN1CCCOc1ccc(N2COc3cc(-c4ccccc4)ccc3C2=O)cc1. The Morgan fingerprint density at radius 3 is 2.60 bits per heavy atom. The summed E-state index contributed by atoms with van der Waals surface area (Å²) in [7, 11) is 0. The number of nitrogens with zero attached hydrogens (tertiary/aromatic N) is 2. The third-order valence-corrected chi connectivity index (χ3v) is 6.57. The summed E-state index contributed by atoms with van der Waals surface area (Å²) in [5, 5.41) is 9.27. The lowest BCUT2D eigenvalue weighted by atomic mass is 10.0. The van der Waals surface area contributed by atoms with Crippen LogP contribution in [0, 0.1) is 0 Å². The molecule has 2 aliphatic rings.